The van der Waals surface area contributed by atoms with Gasteiger partial charge in [0.1, 0.15) is 0 Å². The number of rotatable bonds is 4. The van der Waals surface area contributed by atoms with E-state index in [1.807, 2.05) is 61.5 Å². The van der Waals surface area contributed by atoms with Crippen LogP contribution in [0.25, 0.3) is 10.9 Å². The monoisotopic (exact) mass is 265 g/mol. The van der Waals surface area contributed by atoms with Crippen molar-refractivity contribution in [1.29, 1.82) is 0 Å². The van der Waals surface area contributed by atoms with Crippen molar-refractivity contribution in [2.45, 2.75) is 6.92 Å². The van der Waals surface area contributed by atoms with Crippen molar-refractivity contribution in [2.24, 2.45) is 0 Å². The molecule has 0 spiro atoms. The van der Waals surface area contributed by atoms with Gasteiger partial charge in [-0.2, -0.15) is 4.98 Å². The fourth-order valence-electron chi connectivity index (χ4n) is 2.00. The first-order valence-corrected chi connectivity index (χ1v) is 6.58. The second-order valence-corrected chi connectivity index (χ2v) is 4.29. The molecule has 3 aromatic rings. The van der Waals surface area contributed by atoms with Crippen LogP contribution >= 0.6 is 0 Å². The van der Waals surface area contributed by atoms with Crippen LogP contribution in [0.1, 0.15) is 6.92 Å². The summed E-state index contributed by atoms with van der Waals surface area (Å²) < 4.78 is 5.61. The van der Waals surface area contributed by atoms with Gasteiger partial charge in [-0.3, -0.25) is 0 Å². The van der Waals surface area contributed by atoms with E-state index in [1.165, 1.54) is 0 Å². The SMILES string of the molecule is CCOc1nc(Nc2ccccc2)nc2ccccc12. The number of fused-ring (bicyclic) bond motifs is 1. The number of ether oxygens (including phenoxy) is 1. The summed E-state index contributed by atoms with van der Waals surface area (Å²) in [5.74, 6) is 1.15. The lowest BCUT2D eigenvalue weighted by molar-refractivity contribution is 0.331. The van der Waals surface area contributed by atoms with Crippen molar-refractivity contribution < 1.29 is 4.74 Å². The first kappa shape index (κ1) is 12.4. The quantitative estimate of drug-likeness (QED) is 0.780. The number of para-hydroxylation sites is 2. The van der Waals surface area contributed by atoms with Crippen LogP contribution in [-0.4, -0.2) is 16.6 Å². The van der Waals surface area contributed by atoms with Gasteiger partial charge in [-0.25, -0.2) is 4.98 Å². The summed E-state index contributed by atoms with van der Waals surface area (Å²) in [4.78, 5) is 8.95. The van der Waals surface area contributed by atoms with E-state index in [0.29, 0.717) is 18.4 Å². The van der Waals surface area contributed by atoms with Crippen molar-refractivity contribution in [2.75, 3.05) is 11.9 Å². The Morgan fingerprint density at radius 2 is 1.70 bits per heavy atom. The first-order valence-electron chi connectivity index (χ1n) is 6.58. The Balaban J connectivity index is 2.03. The van der Waals surface area contributed by atoms with Gasteiger partial charge < -0.3 is 10.1 Å². The van der Waals surface area contributed by atoms with Gasteiger partial charge >= 0.3 is 0 Å². The first-order chi connectivity index (χ1) is 9.86. The third-order valence-corrected chi connectivity index (χ3v) is 2.88. The minimum absolute atomic E-state index is 0.540. The van der Waals surface area contributed by atoms with Crippen molar-refractivity contribution in [3.05, 3.63) is 54.6 Å². The molecule has 0 radical (unpaired) electrons. The van der Waals surface area contributed by atoms with Crippen molar-refractivity contribution in [1.82, 2.24) is 9.97 Å². The fraction of sp³-hybridized carbons (Fsp3) is 0.125. The van der Waals surface area contributed by atoms with E-state index in [4.69, 9.17) is 4.74 Å². The van der Waals surface area contributed by atoms with Crippen LogP contribution in [0.2, 0.25) is 0 Å². The molecule has 0 saturated carbocycles. The van der Waals surface area contributed by atoms with Gasteiger partial charge in [0.25, 0.3) is 0 Å². The Hall–Kier alpha value is -2.62. The predicted octanol–water partition coefficient (Wildman–Crippen LogP) is 3.77. The number of nitrogens with zero attached hydrogens (tertiary/aromatic N) is 2. The van der Waals surface area contributed by atoms with Crippen LogP contribution in [0.5, 0.6) is 5.88 Å². The van der Waals surface area contributed by atoms with E-state index in [9.17, 15) is 0 Å². The highest BCUT2D eigenvalue weighted by molar-refractivity contribution is 5.84. The molecule has 4 nitrogen and oxygen atoms in total. The molecule has 0 atom stereocenters. The summed E-state index contributed by atoms with van der Waals surface area (Å²) in [5, 5.41) is 4.12. The van der Waals surface area contributed by atoms with Gasteiger partial charge in [0, 0.05) is 5.69 Å². The average molecular weight is 265 g/mol. The maximum atomic E-state index is 5.61. The molecule has 3 rings (SSSR count). The smallest absolute Gasteiger partial charge is 0.231 e. The molecule has 0 amide bonds. The van der Waals surface area contributed by atoms with Gasteiger partial charge in [-0.15, -0.1) is 0 Å². The third-order valence-electron chi connectivity index (χ3n) is 2.88. The van der Waals surface area contributed by atoms with E-state index >= 15 is 0 Å². The van der Waals surface area contributed by atoms with Crippen LogP contribution in [-0.2, 0) is 0 Å². The van der Waals surface area contributed by atoms with Gasteiger partial charge in [0.15, 0.2) is 0 Å². The van der Waals surface area contributed by atoms with E-state index in [2.05, 4.69) is 15.3 Å². The summed E-state index contributed by atoms with van der Waals surface area (Å²) in [6.07, 6.45) is 0. The van der Waals surface area contributed by atoms with Crippen molar-refractivity contribution in [3.63, 3.8) is 0 Å². The Kier molecular flexibility index (Phi) is 3.46. The summed E-state index contributed by atoms with van der Waals surface area (Å²) in [7, 11) is 0. The average Bonchev–Trinajstić information content (AvgIpc) is 2.49. The number of anilines is 2. The Morgan fingerprint density at radius 1 is 0.950 bits per heavy atom. The Morgan fingerprint density at radius 3 is 2.50 bits per heavy atom. The number of benzene rings is 2. The highest BCUT2D eigenvalue weighted by Crippen LogP contribution is 2.25. The molecule has 1 heterocycles. The molecule has 0 saturated heterocycles. The largest absolute Gasteiger partial charge is 0.477 e. The van der Waals surface area contributed by atoms with Gasteiger partial charge in [-0.05, 0) is 31.2 Å². The van der Waals surface area contributed by atoms with Gasteiger partial charge in [0.05, 0.1) is 17.5 Å². The molecule has 1 N–H and O–H groups in total. The lowest BCUT2D eigenvalue weighted by Crippen LogP contribution is -2.02. The second kappa shape index (κ2) is 5.57. The second-order valence-electron chi connectivity index (χ2n) is 4.29. The van der Waals surface area contributed by atoms with Crippen LogP contribution < -0.4 is 10.1 Å². The summed E-state index contributed by atoms with van der Waals surface area (Å²) in [5.41, 5.74) is 1.81. The van der Waals surface area contributed by atoms with E-state index in [1.54, 1.807) is 0 Å². The lowest BCUT2D eigenvalue weighted by atomic mass is 10.2. The number of hydrogen-bond donors (Lipinski definition) is 1. The lowest BCUT2D eigenvalue weighted by Gasteiger charge is -2.10. The minimum Gasteiger partial charge on any atom is -0.477 e. The Labute approximate surface area is 117 Å². The molecule has 2 aromatic carbocycles. The topological polar surface area (TPSA) is 47.0 Å². The number of nitrogens with one attached hydrogen (secondary N) is 1. The van der Waals surface area contributed by atoms with Crippen LogP contribution in [0.3, 0.4) is 0 Å². The Bertz CT molecular complexity index is 713. The zero-order chi connectivity index (χ0) is 13.8. The molecule has 1 aromatic heterocycles. The zero-order valence-corrected chi connectivity index (χ0v) is 11.2. The van der Waals surface area contributed by atoms with E-state index in [-0.39, 0.29) is 0 Å². The highest BCUT2D eigenvalue weighted by Gasteiger charge is 2.08. The molecule has 0 aliphatic carbocycles. The molecule has 0 fully saturated rings. The molecular formula is C16H15N3O. The zero-order valence-electron chi connectivity index (χ0n) is 11.2. The van der Waals surface area contributed by atoms with Gasteiger partial charge in [-0.1, -0.05) is 30.3 Å². The van der Waals surface area contributed by atoms with E-state index in [0.717, 1.165) is 16.6 Å². The summed E-state index contributed by atoms with van der Waals surface area (Å²) in [6, 6.07) is 17.7. The van der Waals surface area contributed by atoms with E-state index < -0.39 is 0 Å². The van der Waals surface area contributed by atoms with Crippen molar-refractivity contribution >= 4 is 22.5 Å². The molecule has 100 valence electrons. The standard InChI is InChI=1S/C16H15N3O/c1-2-20-15-13-10-6-7-11-14(13)18-16(19-15)17-12-8-4-3-5-9-12/h3-11H,2H2,1H3,(H,17,18,19). The third kappa shape index (κ3) is 2.54. The maximum absolute atomic E-state index is 5.61. The molecule has 0 aliphatic rings. The van der Waals surface area contributed by atoms with Crippen LogP contribution in [0.4, 0.5) is 11.6 Å². The molecule has 4 heteroatoms. The predicted molar refractivity (Wildman–Crippen MR) is 80.4 cm³/mol. The molecule has 20 heavy (non-hydrogen) atoms. The minimum atomic E-state index is 0.540. The molecule has 0 unspecified atom stereocenters. The maximum Gasteiger partial charge on any atom is 0.231 e. The molecule has 0 aliphatic heterocycles. The van der Waals surface area contributed by atoms with Gasteiger partial charge in [0.2, 0.25) is 11.8 Å². The molecule has 0 bridgehead atoms. The number of hydrogen-bond acceptors (Lipinski definition) is 4. The summed E-state index contributed by atoms with van der Waals surface area (Å²) >= 11 is 0. The fourth-order valence-corrected chi connectivity index (χ4v) is 2.00. The normalized spacial score (nSPS) is 10.4. The van der Waals surface area contributed by atoms with Crippen LogP contribution in [0, 0.1) is 0 Å². The number of aromatic nitrogens is 2. The van der Waals surface area contributed by atoms with Crippen LogP contribution in [0.15, 0.2) is 54.6 Å². The molecular weight excluding hydrogens is 250 g/mol. The van der Waals surface area contributed by atoms with Crippen molar-refractivity contribution in [3.8, 4) is 5.88 Å². The highest BCUT2D eigenvalue weighted by atomic mass is 16.5. The summed E-state index contributed by atoms with van der Waals surface area (Å²) in [6.45, 7) is 2.52.